The predicted octanol–water partition coefficient (Wildman–Crippen LogP) is 1.02. The number of aliphatic hydroxyl groups is 1. The third-order valence-electron chi connectivity index (χ3n) is 5.83. The number of carbonyl (C=O) groups is 1. The molecule has 0 amide bonds. The maximum atomic E-state index is 14.8. The van der Waals surface area contributed by atoms with Gasteiger partial charge in [0.25, 0.3) is 0 Å². The molecule has 194 valence electrons. The second-order valence-electron chi connectivity index (χ2n) is 8.45. The number of hydrogen-bond acceptors (Lipinski definition) is 10. The molecule has 1 fully saturated rings. The van der Waals surface area contributed by atoms with Crippen molar-refractivity contribution in [3.8, 4) is 0 Å². The molecule has 36 heavy (non-hydrogen) atoms. The van der Waals surface area contributed by atoms with Crippen LogP contribution in [0.4, 0.5) is 10.2 Å². The number of nitrogens with one attached hydrogen (secondary N) is 1. The molecule has 1 aliphatic carbocycles. The fourth-order valence-corrected chi connectivity index (χ4v) is 4.47. The Hall–Kier alpha value is -3.17. The van der Waals surface area contributed by atoms with E-state index in [1.54, 1.807) is 30.1 Å². The van der Waals surface area contributed by atoms with Crippen LogP contribution in [0.5, 0.6) is 0 Å². The van der Waals surface area contributed by atoms with Gasteiger partial charge in [-0.05, 0) is 24.6 Å². The number of rotatable bonds is 11. The minimum atomic E-state index is -4.23. The number of nitrogens with two attached hydrogens (primary N) is 1. The summed E-state index contributed by atoms with van der Waals surface area (Å²) in [6, 6.07) is 4.33. The number of alkyl halides is 1. The van der Waals surface area contributed by atoms with Gasteiger partial charge in [-0.1, -0.05) is 0 Å². The molecule has 12 nitrogen and oxygen atoms in total. The number of nitrogens with zero attached hydrogens (tertiary/aromatic N) is 3. The van der Waals surface area contributed by atoms with E-state index in [1.807, 2.05) is 12.1 Å². The van der Waals surface area contributed by atoms with Gasteiger partial charge in [-0.25, -0.2) is 19.5 Å². The minimum absolute atomic E-state index is 0.0278. The molecule has 4 atom stereocenters. The van der Waals surface area contributed by atoms with E-state index >= 15 is 0 Å². The zero-order valence-corrected chi connectivity index (χ0v) is 20.1. The number of methoxy groups -OCH3 is 1. The molecule has 0 saturated heterocycles. The lowest BCUT2D eigenvalue weighted by Crippen LogP contribution is -2.33. The van der Waals surface area contributed by atoms with Crippen LogP contribution in [0.15, 0.2) is 47.5 Å². The molecule has 3 aromatic rings. The molecule has 3 heterocycles. The van der Waals surface area contributed by atoms with Crippen molar-refractivity contribution in [3.63, 3.8) is 0 Å². The maximum Gasteiger partial charge on any atom is 0.333 e. The Kier molecular flexibility index (Phi) is 7.80. The minimum Gasteiger partial charge on any atom is -0.462 e. The number of hydrogen-bond donors (Lipinski definition) is 3. The third-order valence-corrected chi connectivity index (χ3v) is 6.30. The number of ketones is 1. The number of halogens is 1. The van der Waals surface area contributed by atoms with Crippen LogP contribution < -0.4 is 10.5 Å². The highest BCUT2D eigenvalue weighted by Crippen LogP contribution is 2.32. The Labute approximate surface area is 206 Å². The van der Waals surface area contributed by atoms with Crippen LogP contribution in [0.2, 0.25) is 0 Å². The molecule has 0 unspecified atom stereocenters. The van der Waals surface area contributed by atoms with E-state index in [9.17, 15) is 22.7 Å². The van der Waals surface area contributed by atoms with Crippen molar-refractivity contribution in [2.45, 2.75) is 37.9 Å². The summed E-state index contributed by atoms with van der Waals surface area (Å²) < 4.78 is 53.8. The van der Waals surface area contributed by atoms with Crippen molar-refractivity contribution in [3.05, 3.63) is 65.8 Å². The first-order chi connectivity index (χ1) is 17.1. The number of aliphatic hydroxyl groups excluding tert-OH is 1. The second-order valence-corrected chi connectivity index (χ2v) is 9.67. The Balaban J connectivity index is 1.45. The summed E-state index contributed by atoms with van der Waals surface area (Å²) >= 11 is 0. The van der Waals surface area contributed by atoms with E-state index in [1.165, 1.54) is 12.5 Å². The van der Waals surface area contributed by atoms with Crippen LogP contribution in [0, 0.1) is 5.92 Å². The van der Waals surface area contributed by atoms with Gasteiger partial charge in [0.2, 0.25) is 0 Å². The fraction of sp³-hybridized carbons (Fsp3) is 0.409. The maximum absolute atomic E-state index is 14.8. The van der Waals surface area contributed by atoms with Crippen molar-refractivity contribution in [2.75, 3.05) is 19.0 Å². The van der Waals surface area contributed by atoms with Gasteiger partial charge >= 0.3 is 10.3 Å². The summed E-state index contributed by atoms with van der Waals surface area (Å²) in [6.07, 6.45) is 2.69. The van der Waals surface area contributed by atoms with E-state index in [0.29, 0.717) is 30.2 Å². The van der Waals surface area contributed by atoms with Gasteiger partial charge in [0.15, 0.2) is 5.78 Å². The van der Waals surface area contributed by atoms with Crippen LogP contribution >= 0.6 is 0 Å². The number of carbonyl (C=O) groups excluding carboxylic acids is 1. The number of aromatic nitrogens is 3. The Morgan fingerprint density at radius 2 is 2.14 bits per heavy atom. The molecule has 0 bridgehead atoms. The fourth-order valence-electron chi connectivity index (χ4n) is 4.10. The highest BCUT2D eigenvalue weighted by Gasteiger charge is 2.44. The van der Waals surface area contributed by atoms with E-state index < -0.39 is 41.1 Å². The molecule has 14 heteroatoms. The number of ether oxygens (including phenoxy) is 1. The zero-order valence-electron chi connectivity index (χ0n) is 19.3. The number of furan rings is 1. The van der Waals surface area contributed by atoms with Gasteiger partial charge in [-0.3, -0.25) is 8.98 Å². The molecule has 0 aromatic carbocycles. The van der Waals surface area contributed by atoms with E-state index in [4.69, 9.17) is 14.3 Å². The molecular weight excluding hydrogens is 497 g/mol. The van der Waals surface area contributed by atoms with Crippen LogP contribution in [0.1, 0.15) is 33.9 Å². The summed E-state index contributed by atoms with van der Waals surface area (Å²) in [4.78, 5) is 21.2. The van der Waals surface area contributed by atoms with E-state index in [-0.39, 0.29) is 23.6 Å². The molecule has 1 aliphatic rings. The molecular formula is C22H26FN5O7S. The average molecular weight is 524 g/mol. The van der Waals surface area contributed by atoms with Gasteiger partial charge in [-0.2, -0.15) is 8.42 Å². The molecule has 0 radical (unpaired) electrons. The lowest BCUT2D eigenvalue weighted by molar-refractivity contribution is 0.0501. The Morgan fingerprint density at radius 3 is 2.89 bits per heavy atom. The first-order valence-electron chi connectivity index (χ1n) is 11.0. The van der Waals surface area contributed by atoms with Crippen molar-refractivity contribution in [2.24, 2.45) is 11.1 Å². The van der Waals surface area contributed by atoms with Crippen LogP contribution in [0.25, 0.3) is 0 Å². The quantitative estimate of drug-likeness (QED) is 0.308. The zero-order chi connectivity index (χ0) is 25.9. The molecule has 4 rings (SSSR count). The van der Waals surface area contributed by atoms with E-state index in [0.717, 1.165) is 0 Å². The van der Waals surface area contributed by atoms with Crippen LogP contribution in [0.3, 0.4) is 0 Å². The Morgan fingerprint density at radius 1 is 1.36 bits per heavy atom. The topological polar surface area (TPSA) is 172 Å². The summed E-state index contributed by atoms with van der Waals surface area (Å²) in [5.74, 6) is 0.258. The largest absolute Gasteiger partial charge is 0.462 e. The van der Waals surface area contributed by atoms with Gasteiger partial charge < -0.3 is 24.1 Å². The summed E-state index contributed by atoms with van der Waals surface area (Å²) in [6.45, 7) is 0.292. The van der Waals surface area contributed by atoms with Crippen molar-refractivity contribution in [1.82, 2.24) is 14.5 Å². The second kappa shape index (κ2) is 10.8. The van der Waals surface area contributed by atoms with Gasteiger partial charge in [0.1, 0.15) is 36.4 Å². The number of anilines is 1. The highest BCUT2D eigenvalue weighted by molar-refractivity contribution is 7.84. The SMILES string of the molecule is COCc1ccc(Cn2ccc(C(=O)c3cncnc3N[C@@H]3C[C@H](COS(N)(=O)=O)[C@@H](O)[C@@H]3F)c2)o1. The van der Waals surface area contributed by atoms with Crippen molar-refractivity contribution < 1.29 is 36.0 Å². The lowest BCUT2D eigenvalue weighted by Gasteiger charge is -2.18. The van der Waals surface area contributed by atoms with Crippen LogP contribution in [-0.4, -0.2) is 65.9 Å². The molecule has 4 N–H and O–H groups in total. The van der Waals surface area contributed by atoms with E-state index in [2.05, 4.69) is 19.5 Å². The van der Waals surface area contributed by atoms with Crippen molar-refractivity contribution in [1.29, 1.82) is 0 Å². The van der Waals surface area contributed by atoms with Crippen molar-refractivity contribution >= 4 is 21.9 Å². The monoisotopic (exact) mass is 523 g/mol. The standard InChI is InChI=1S/C22H26FN5O7S/c1-33-11-16-3-2-15(35-16)9-28-5-4-13(8-28)20(29)17-7-25-12-26-22(17)27-18-6-14(21(30)19(18)23)10-34-36(24,31)32/h2-5,7-8,12,14,18-19,21,30H,6,9-11H2,1H3,(H2,24,31,32)(H,25,26,27)/t14-,18-,19-,21-/m1/s1. The lowest BCUT2D eigenvalue weighted by atomic mass is 10.1. The van der Waals surface area contributed by atoms with Gasteiger partial charge in [0.05, 0.1) is 30.9 Å². The summed E-state index contributed by atoms with van der Waals surface area (Å²) in [5.41, 5.74) is 0.473. The first kappa shape index (κ1) is 25.9. The molecule has 1 saturated carbocycles. The molecule has 0 spiro atoms. The predicted molar refractivity (Wildman–Crippen MR) is 124 cm³/mol. The molecule has 0 aliphatic heterocycles. The Bertz CT molecular complexity index is 1310. The smallest absolute Gasteiger partial charge is 0.333 e. The first-order valence-corrected chi connectivity index (χ1v) is 12.4. The third kappa shape index (κ3) is 6.14. The van der Waals surface area contributed by atoms with Gasteiger partial charge in [0, 0.05) is 37.2 Å². The normalized spacial score (nSPS) is 22.1. The van der Waals surface area contributed by atoms with Crippen LogP contribution in [-0.2, 0) is 32.4 Å². The van der Waals surface area contributed by atoms with Gasteiger partial charge in [-0.15, -0.1) is 0 Å². The highest BCUT2D eigenvalue weighted by atomic mass is 32.2. The average Bonchev–Trinajstić information content (AvgIpc) is 3.55. The molecule has 3 aromatic heterocycles. The summed E-state index contributed by atoms with van der Waals surface area (Å²) in [7, 11) is -2.65. The summed E-state index contributed by atoms with van der Waals surface area (Å²) in [5, 5.41) is 17.8.